The summed E-state index contributed by atoms with van der Waals surface area (Å²) in [4.78, 5) is 22.7. The maximum Gasteiger partial charge on any atom is 0.243 e. The zero-order valence-electron chi connectivity index (χ0n) is 11.4. The molecule has 0 aromatic carbocycles. The van der Waals surface area contributed by atoms with Crippen LogP contribution in [0.1, 0.15) is 12.8 Å². The summed E-state index contributed by atoms with van der Waals surface area (Å²) in [7, 11) is 1.60. The minimum Gasteiger partial charge on any atom is -0.384 e. The Morgan fingerprint density at radius 3 is 2.63 bits per heavy atom. The molecule has 1 rings (SSSR count). The van der Waals surface area contributed by atoms with Crippen molar-refractivity contribution in [1.29, 1.82) is 0 Å². The number of rotatable bonds is 8. The predicted molar refractivity (Wildman–Crippen MR) is 69.4 cm³/mol. The summed E-state index contributed by atoms with van der Waals surface area (Å²) in [5.41, 5.74) is 4.48. The molecule has 2 amide bonds. The molecule has 7 heteroatoms. The Labute approximate surface area is 113 Å². The third kappa shape index (κ3) is 5.14. The monoisotopic (exact) mass is 273 g/mol. The molecule has 1 heterocycles. The van der Waals surface area contributed by atoms with E-state index in [1.807, 2.05) is 0 Å². The maximum atomic E-state index is 12.2. The second-order valence-corrected chi connectivity index (χ2v) is 4.74. The highest BCUT2D eigenvalue weighted by Gasteiger charge is 2.39. The smallest absolute Gasteiger partial charge is 0.243 e. The molecular weight excluding hydrogens is 250 g/mol. The van der Waals surface area contributed by atoms with Gasteiger partial charge in [0.25, 0.3) is 0 Å². The average Bonchev–Trinajstić information content (AvgIpc) is 2.39. The molecule has 7 nitrogen and oxygen atoms in total. The molecule has 0 aliphatic carbocycles. The molecule has 1 saturated heterocycles. The van der Waals surface area contributed by atoms with Gasteiger partial charge in [-0.3, -0.25) is 9.59 Å². The molecule has 110 valence electrons. The number of methoxy groups -OCH3 is 1. The highest BCUT2D eigenvalue weighted by Crippen LogP contribution is 2.29. The number of nitrogens with two attached hydrogens (primary N) is 1. The predicted octanol–water partition coefficient (Wildman–Crippen LogP) is -1.38. The number of hydrogen-bond donors (Lipinski definition) is 3. The van der Waals surface area contributed by atoms with Crippen molar-refractivity contribution in [3.05, 3.63) is 0 Å². The first-order valence-electron chi connectivity index (χ1n) is 6.45. The Morgan fingerprint density at radius 1 is 1.37 bits per heavy atom. The fourth-order valence-electron chi connectivity index (χ4n) is 2.22. The molecule has 19 heavy (non-hydrogen) atoms. The Balaban J connectivity index is 2.33. The SMILES string of the molecule is COCC1(C(=O)NCCOCC(N)=O)CCNCC1. The van der Waals surface area contributed by atoms with Gasteiger partial charge in [-0.05, 0) is 25.9 Å². The summed E-state index contributed by atoms with van der Waals surface area (Å²) >= 11 is 0. The molecule has 0 unspecified atom stereocenters. The van der Waals surface area contributed by atoms with Crippen molar-refractivity contribution in [2.24, 2.45) is 11.1 Å². The van der Waals surface area contributed by atoms with E-state index in [1.165, 1.54) is 0 Å². The molecule has 1 aliphatic heterocycles. The van der Waals surface area contributed by atoms with Crippen LogP contribution in [0.4, 0.5) is 0 Å². The van der Waals surface area contributed by atoms with Gasteiger partial charge in [0.15, 0.2) is 0 Å². The second-order valence-electron chi connectivity index (χ2n) is 4.74. The number of amides is 2. The van der Waals surface area contributed by atoms with Crippen molar-refractivity contribution in [2.75, 3.05) is 46.6 Å². The fraction of sp³-hybridized carbons (Fsp3) is 0.833. The van der Waals surface area contributed by atoms with Crippen molar-refractivity contribution < 1.29 is 19.1 Å². The first-order valence-corrected chi connectivity index (χ1v) is 6.45. The third-order valence-electron chi connectivity index (χ3n) is 3.24. The van der Waals surface area contributed by atoms with E-state index < -0.39 is 11.3 Å². The second kappa shape index (κ2) is 8.08. The molecule has 1 aliphatic rings. The lowest BCUT2D eigenvalue weighted by Gasteiger charge is -2.35. The first-order chi connectivity index (χ1) is 9.10. The number of nitrogens with one attached hydrogen (secondary N) is 2. The number of ether oxygens (including phenoxy) is 2. The van der Waals surface area contributed by atoms with Crippen LogP contribution >= 0.6 is 0 Å². The Bertz CT molecular complexity index is 298. The summed E-state index contributed by atoms with van der Waals surface area (Å²) in [6.45, 7) is 2.57. The molecule has 0 aromatic rings. The largest absolute Gasteiger partial charge is 0.384 e. The van der Waals surface area contributed by atoms with Gasteiger partial charge >= 0.3 is 0 Å². The van der Waals surface area contributed by atoms with Crippen LogP contribution < -0.4 is 16.4 Å². The molecule has 0 radical (unpaired) electrons. The van der Waals surface area contributed by atoms with Crippen molar-refractivity contribution in [1.82, 2.24) is 10.6 Å². The van der Waals surface area contributed by atoms with Crippen molar-refractivity contribution in [3.63, 3.8) is 0 Å². The lowest BCUT2D eigenvalue weighted by atomic mass is 9.78. The van der Waals surface area contributed by atoms with Gasteiger partial charge in [-0.25, -0.2) is 0 Å². The third-order valence-corrected chi connectivity index (χ3v) is 3.24. The van der Waals surface area contributed by atoms with Gasteiger partial charge in [-0.15, -0.1) is 0 Å². The maximum absolute atomic E-state index is 12.2. The molecule has 0 saturated carbocycles. The van der Waals surface area contributed by atoms with Crippen LogP contribution in [0.2, 0.25) is 0 Å². The molecule has 0 spiro atoms. The summed E-state index contributed by atoms with van der Waals surface area (Å²) in [6.07, 6.45) is 1.52. The minimum absolute atomic E-state index is 0.0153. The van der Waals surface area contributed by atoms with Gasteiger partial charge in [-0.2, -0.15) is 0 Å². The van der Waals surface area contributed by atoms with Gasteiger partial charge in [0.05, 0.1) is 18.6 Å². The van der Waals surface area contributed by atoms with E-state index in [0.29, 0.717) is 13.2 Å². The number of piperidine rings is 1. The van der Waals surface area contributed by atoms with Crippen LogP contribution in [0.15, 0.2) is 0 Å². The zero-order valence-corrected chi connectivity index (χ0v) is 11.4. The Kier molecular flexibility index (Phi) is 6.75. The summed E-state index contributed by atoms with van der Waals surface area (Å²) < 4.78 is 10.2. The van der Waals surface area contributed by atoms with E-state index in [9.17, 15) is 9.59 Å². The van der Waals surface area contributed by atoms with E-state index >= 15 is 0 Å². The standard InChI is InChI=1S/C12H23N3O4/c1-18-9-12(2-4-14-5-3-12)11(17)15-6-7-19-8-10(13)16/h14H,2-9H2,1H3,(H2,13,16)(H,15,17). The lowest BCUT2D eigenvalue weighted by Crippen LogP contribution is -2.50. The molecule has 0 atom stereocenters. The van der Waals surface area contributed by atoms with E-state index in [-0.39, 0.29) is 19.1 Å². The van der Waals surface area contributed by atoms with Gasteiger partial charge < -0.3 is 25.8 Å². The Hall–Kier alpha value is -1.18. The zero-order chi connectivity index (χ0) is 14.1. The van der Waals surface area contributed by atoms with E-state index in [2.05, 4.69) is 10.6 Å². The fourth-order valence-corrected chi connectivity index (χ4v) is 2.22. The summed E-state index contributed by atoms with van der Waals surface area (Å²) in [6, 6.07) is 0. The number of hydrogen-bond acceptors (Lipinski definition) is 5. The van der Waals surface area contributed by atoms with Gasteiger partial charge in [0.2, 0.25) is 11.8 Å². The van der Waals surface area contributed by atoms with Gasteiger partial charge in [-0.1, -0.05) is 0 Å². The lowest BCUT2D eigenvalue weighted by molar-refractivity contribution is -0.136. The average molecular weight is 273 g/mol. The topological polar surface area (TPSA) is 103 Å². The highest BCUT2D eigenvalue weighted by atomic mass is 16.5. The Morgan fingerprint density at radius 2 is 2.05 bits per heavy atom. The molecule has 4 N–H and O–H groups in total. The molecule has 0 aromatic heterocycles. The van der Waals surface area contributed by atoms with Crippen LogP contribution in [0, 0.1) is 5.41 Å². The van der Waals surface area contributed by atoms with E-state index in [0.717, 1.165) is 25.9 Å². The quantitative estimate of drug-likeness (QED) is 0.473. The van der Waals surface area contributed by atoms with Crippen molar-refractivity contribution in [2.45, 2.75) is 12.8 Å². The molecule has 0 bridgehead atoms. The minimum atomic E-state index is -0.513. The van der Waals surface area contributed by atoms with Crippen LogP contribution in [-0.2, 0) is 19.1 Å². The van der Waals surface area contributed by atoms with Crippen LogP contribution in [0.25, 0.3) is 0 Å². The number of carbonyl (C=O) groups is 2. The van der Waals surface area contributed by atoms with Crippen molar-refractivity contribution >= 4 is 11.8 Å². The normalized spacial score (nSPS) is 17.9. The van der Waals surface area contributed by atoms with Crippen LogP contribution in [0.3, 0.4) is 0 Å². The van der Waals surface area contributed by atoms with Gasteiger partial charge in [0, 0.05) is 13.7 Å². The van der Waals surface area contributed by atoms with Crippen LogP contribution in [-0.4, -0.2) is 58.4 Å². The van der Waals surface area contributed by atoms with Gasteiger partial charge in [0.1, 0.15) is 6.61 Å². The molecular formula is C12H23N3O4. The first kappa shape index (κ1) is 15.9. The summed E-state index contributed by atoms with van der Waals surface area (Å²) in [5.74, 6) is -0.529. The van der Waals surface area contributed by atoms with E-state index in [4.69, 9.17) is 15.2 Å². The molecule has 1 fully saturated rings. The van der Waals surface area contributed by atoms with E-state index in [1.54, 1.807) is 7.11 Å². The highest BCUT2D eigenvalue weighted by molar-refractivity contribution is 5.83. The van der Waals surface area contributed by atoms with Crippen LogP contribution in [0.5, 0.6) is 0 Å². The number of primary amides is 1. The number of carbonyl (C=O) groups excluding carboxylic acids is 2. The van der Waals surface area contributed by atoms with Crippen molar-refractivity contribution in [3.8, 4) is 0 Å². The summed E-state index contributed by atoms with van der Waals surface area (Å²) in [5, 5.41) is 6.06.